The molecule has 0 saturated carbocycles. The van der Waals surface area contributed by atoms with Gasteiger partial charge in [-0.2, -0.15) is 0 Å². The lowest BCUT2D eigenvalue weighted by atomic mass is 10.1. The van der Waals surface area contributed by atoms with Gasteiger partial charge in [-0.25, -0.2) is 9.97 Å². The quantitative estimate of drug-likeness (QED) is 0.865. The van der Waals surface area contributed by atoms with E-state index in [9.17, 15) is 0 Å². The van der Waals surface area contributed by atoms with Gasteiger partial charge in [0.05, 0.1) is 6.54 Å². The topological polar surface area (TPSA) is 41.1 Å². The fourth-order valence-electron chi connectivity index (χ4n) is 3.06. The third-order valence-corrected chi connectivity index (χ3v) is 4.20. The van der Waals surface area contributed by atoms with Crippen LogP contribution in [0.4, 0.5) is 5.82 Å². The first-order valence-corrected chi connectivity index (χ1v) is 7.98. The zero-order valence-corrected chi connectivity index (χ0v) is 13.3. The Balaban J connectivity index is 2.09. The molecule has 4 nitrogen and oxygen atoms in total. The summed E-state index contributed by atoms with van der Waals surface area (Å²) >= 11 is 0. The summed E-state index contributed by atoms with van der Waals surface area (Å²) in [6, 6.07) is 3.38. The molecule has 2 unspecified atom stereocenters. The van der Waals surface area contributed by atoms with Gasteiger partial charge >= 0.3 is 0 Å². The van der Waals surface area contributed by atoms with Crippen molar-refractivity contribution in [2.75, 3.05) is 11.9 Å². The van der Waals surface area contributed by atoms with Gasteiger partial charge in [0.25, 0.3) is 0 Å². The Kier molecular flexibility index (Phi) is 5.35. The predicted molar refractivity (Wildman–Crippen MR) is 83.9 cm³/mol. The van der Waals surface area contributed by atoms with Gasteiger partial charge < -0.3 is 5.32 Å². The first-order chi connectivity index (χ1) is 9.63. The molecule has 1 aliphatic heterocycles. The molecule has 1 aromatic rings. The number of aromatic nitrogens is 2. The summed E-state index contributed by atoms with van der Waals surface area (Å²) in [5.74, 6) is 1.92. The molecule has 20 heavy (non-hydrogen) atoms. The van der Waals surface area contributed by atoms with Crippen molar-refractivity contribution in [3.05, 3.63) is 17.6 Å². The molecule has 2 heterocycles. The fraction of sp³-hybridized carbons (Fsp3) is 0.750. The minimum Gasteiger partial charge on any atom is -0.370 e. The number of nitrogens with zero attached hydrogens (tertiary/aromatic N) is 3. The highest BCUT2D eigenvalue weighted by molar-refractivity contribution is 5.35. The Morgan fingerprint density at radius 3 is 2.80 bits per heavy atom. The highest BCUT2D eigenvalue weighted by atomic mass is 15.2. The van der Waals surface area contributed by atoms with Gasteiger partial charge in [0.1, 0.15) is 11.6 Å². The second kappa shape index (κ2) is 7.02. The third kappa shape index (κ3) is 3.69. The van der Waals surface area contributed by atoms with Crippen LogP contribution in [0.15, 0.2) is 6.07 Å². The number of likely N-dealkylation sites (tertiary alicyclic amines) is 1. The molecule has 2 atom stereocenters. The average molecular weight is 276 g/mol. The highest BCUT2D eigenvalue weighted by Gasteiger charge is 2.29. The number of anilines is 1. The molecule has 1 N–H and O–H groups in total. The van der Waals surface area contributed by atoms with Gasteiger partial charge in [0.15, 0.2) is 0 Å². The summed E-state index contributed by atoms with van der Waals surface area (Å²) in [4.78, 5) is 11.9. The van der Waals surface area contributed by atoms with Crippen LogP contribution in [-0.2, 0) is 6.54 Å². The van der Waals surface area contributed by atoms with Crippen LogP contribution in [0.3, 0.4) is 0 Å². The normalized spacial score (nSPS) is 23.2. The van der Waals surface area contributed by atoms with Crippen LogP contribution in [0.1, 0.15) is 58.0 Å². The maximum absolute atomic E-state index is 4.67. The van der Waals surface area contributed by atoms with Gasteiger partial charge in [-0.05, 0) is 39.5 Å². The summed E-state index contributed by atoms with van der Waals surface area (Å²) in [5, 5.41) is 3.37. The molecule has 1 fully saturated rings. The van der Waals surface area contributed by atoms with Gasteiger partial charge in [-0.1, -0.05) is 13.8 Å². The predicted octanol–water partition coefficient (Wildman–Crippen LogP) is 3.37. The van der Waals surface area contributed by atoms with E-state index in [-0.39, 0.29) is 0 Å². The van der Waals surface area contributed by atoms with E-state index in [0.29, 0.717) is 12.1 Å². The molecule has 1 saturated heterocycles. The molecule has 0 aliphatic carbocycles. The van der Waals surface area contributed by atoms with Crippen molar-refractivity contribution in [3.63, 3.8) is 0 Å². The maximum Gasteiger partial charge on any atom is 0.144 e. The number of rotatable bonds is 6. The van der Waals surface area contributed by atoms with Crippen molar-refractivity contribution in [1.82, 2.24) is 14.9 Å². The summed E-state index contributed by atoms with van der Waals surface area (Å²) < 4.78 is 0. The Hall–Kier alpha value is -1.16. The zero-order chi connectivity index (χ0) is 14.5. The van der Waals surface area contributed by atoms with Gasteiger partial charge in [0, 0.05) is 30.4 Å². The van der Waals surface area contributed by atoms with Crippen LogP contribution in [0.5, 0.6) is 0 Å². The van der Waals surface area contributed by atoms with Crippen LogP contribution in [0.2, 0.25) is 0 Å². The van der Waals surface area contributed by atoms with Crippen LogP contribution in [0.25, 0.3) is 0 Å². The van der Waals surface area contributed by atoms with Gasteiger partial charge in [-0.15, -0.1) is 0 Å². The van der Waals surface area contributed by atoms with Crippen molar-refractivity contribution in [1.29, 1.82) is 0 Å². The summed E-state index contributed by atoms with van der Waals surface area (Å²) in [6.45, 7) is 10.7. The number of aryl methyl sites for hydroxylation is 1. The van der Waals surface area contributed by atoms with Crippen molar-refractivity contribution in [2.45, 2.75) is 72.0 Å². The summed E-state index contributed by atoms with van der Waals surface area (Å²) in [5.41, 5.74) is 1.05. The largest absolute Gasteiger partial charge is 0.370 e. The zero-order valence-electron chi connectivity index (χ0n) is 13.3. The molecule has 2 rings (SSSR count). The van der Waals surface area contributed by atoms with Crippen molar-refractivity contribution < 1.29 is 0 Å². The molecule has 1 aromatic heterocycles. The Morgan fingerprint density at radius 2 is 2.10 bits per heavy atom. The van der Waals surface area contributed by atoms with Gasteiger partial charge in [0.2, 0.25) is 0 Å². The average Bonchev–Trinajstić information content (AvgIpc) is 2.77. The van der Waals surface area contributed by atoms with Crippen molar-refractivity contribution in [3.8, 4) is 0 Å². The minimum absolute atomic E-state index is 0.649. The van der Waals surface area contributed by atoms with Crippen LogP contribution in [-0.4, -0.2) is 33.5 Å². The van der Waals surface area contributed by atoms with E-state index < -0.39 is 0 Å². The summed E-state index contributed by atoms with van der Waals surface area (Å²) in [7, 11) is 0. The molecular weight excluding hydrogens is 248 g/mol. The number of hydrogen-bond donors (Lipinski definition) is 1. The van der Waals surface area contributed by atoms with Crippen LogP contribution in [0, 0.1) is 6.92 Å². The number of hydrogen-bond acceptors (Lipinski definition) is 4. The molecular formula is C16H28N4. The van der Waals surface area contributed by atoms with Crippen LogP contribution >= 0.6 is 0 Å². The lowest BCUT2D eigenvalue weighted by Gasteiger charge is -2.27. The molecule has 0 aromatic carbocycles. The molecule has 0 spiro atoms. The van der Waals surface area contributed by atoms with Crippen molar-refractivity contribution >= 4 is 5.82 Å². The van der Waals surface area contributed by atoms with E-state index in [0.717, 1.165) is 36.8 Å². The van der Waals surface area contributed by atoms with E-state index >= 15 is 0 Å². The van der Waals surface area contributed by atoms with E-state index in [1.165, 1.54) is 19.3 Å². The molecule has 0 bridgehead atoms. The molecule has 1 aliphatic rings. The minimum atomic E-state index is 0.649. The highest BCUT2D eigenvalue weighted by Crippen LogP contribution is 2.27. The monoisotopic (exact) mass is 276 g/mol. The second-order valence-electron chi connectivity index (χ2n) is 5.90. The number of nitrogens with one attached hydrogen (secondary N) is 1. The Morgan fingerprint density at radius 1 is 1.30 bits per heavy atom. The van der Waals surface area contributed by atoms with E-state index in [2.05, 4.69) is 41.0 Å². The van der Waals surface area contributed by atoms with Gasteiger partial charge in [-0.3, -0.25) is 4.90 Å². The first-order valence-electron chi connectivity index (χ1n) is 7.98. The van der Waals surface area contributed by atoms with E-state index in [4.69, 9.17) is 0 Å². The van der Waals surface area contributed by atoms with Crippen molar-refractivity contribution in [2.24, 2.45) is 0 Å². The summed E-state index contributed by atoms with van der Waals surface area (Å²) in [6.07, 6.45) is 4.94. The third-order valence-electron chi connectivity index (χ3n) is 4.20. The second-order valence-corrected chi connectivity index (χ2v) is 5.90. The van der Waals surface area contributed by atoms with E-state index in [1.807, 2.05) is 13.0 Å². The van der Waals surface area contributed by atoms with Crippen LogP contribution < -0.4 is 5.32 Å². The molecule has 0 radical (unpaired) electrons. The van der Waals surface area contributed by atoms with E-state index in [1.54, 1.807) is 0 Å². The maximum atomic E-state index is 4.67. The lowest BCUT2D eigenvalue weighted by molar-refractivity contribution is 0.185. The fourth-order valence-corrected chi connectivity index (χ4v) is 3.06. The molecule has 112 valence electrons. The standard InChI is InChI=1S/C16H28N4/c1-5-9-17-15-10-12(3)18-16(19-15)11-20-13(4)7-8-14(20)6-2/h10,13-14H,5-9,11H2,1-4H3,(H,17,18,19). The smallest absolute Gasteiger partial charge is 0.144 e. The molecule has 4 heteroatoms. The lowest BCUT2D eigenvalue weighted by Crippen LogP contribution is -2.34. The molecule has 0 amide bonds. The Labute approximate surface area is 123 Å². The SMILES string of the molecule is CCCNc1cc(C)nc(CN2C(C)CCC2CC)n1. The Bertz CT molecular complexity index is 432. The first kappa shape index (κ1) is 15.2.